The van der Waals surface area contributed by atoms with Crippen LogP contribution in [-0.2, 0) is 4.79 Å². The molecule has 0 spiro atoms. The van der Waals surface area contributed by atoms with Gasteiger partial charge >= 0.3 is 0 Å². The van der Waals surface area contributed by atoms with Crippen molar-refractivity contribution in [2.45, 2.75) is 34.6 Å². The lowest BCUT2D eigenvalue weighted by Gasteiger charge is -2.29. The molecule has 1 aliphatic heterocycles. The average Bonchev–Trinajstić information content (AvgIpc) is 3.39. The number of halogens is 1. The molecule has 200 valence electrons. The summed E-state index contributed by atoms with van der Waals surface area (Å²) >= 11 is 0. The van der Waals surface area contributed by atoms with Crippen LogP contribution in [0.15, 0.2) is 61.1 Å². The predicted molar refractivity (Wildman–Crippen MR) is 151 cm³/mol. The molecule has 0 aliphatic carbocycles. The van der Waals surface area contributed by atoms with Crippen LogP contribution in [-0.4, -0.2) is 63.8 Å². The number of fused-ring (bicyclic) bond motifs is 1. The summed E-state index contributed by atoms with van der Waals surface area (Å²) in [4.78, 5) is 22.9. The number of piperazine rings is 1. The van der Waals surface area contributed by atoms with Crippen LogP contribution in [0.4, 0.5) is 4.39 Å². The maximum Gasteiger partial charge on any atom is 0.209 e. The van der Waals surface area contributed by atoms with Crippen LogP contribution in [0, 0.1) is 24.1 Å². The van der Waals surface area contributed by atoms with E-state index in [0.717, 1.165) is 43.8 Å². The highest BCUT2D eigenvalue weighted by molar-refractivity contribution is 5.67. The van der Waals surface area contributed by atoms with Gasteiger partial charge in [0.25, 0.3) is 0 Å². The first-order chi connectivity index (χ1) is 18.5. The van der Waals surface area contributed by atoms with E-state index < -0.39 is 5.82 Å². The molecule has 1 aliphatic rings. The number of hydrogen-bond acceptors (Lipinski definition) is 5. The van der Waals surface area contributed by atoms with E-state index in [0.29, 0.717) is 16.9 Å². The number of carbonyl (C=O) groups is 1. The topological polar surface area (TPSA) is 77.5 Å². The largest absolute Gasteiger partial charge is 0.343 e. The number of benzene rings is 2. The van der Waals surface area contributed by atoms with Crippen molar-refractivity contribution in [3.05, 3.63) is 78.0 Å². The first-order valence-corrected chi connectivity index (χ1v) is 13.0. The Morgan fingerprint density at radius 1 is 0.947 bits per heavy atom. The number of aryl methyl sites for hydroxylation is 1. The van der Waals surface area contributed by atoms with Crippen LogP contribution < -0.4 is 0 Å². The molecule has 0 radical (unpaired) electrons. The monoisotopic (exact) mass is 516 g/mol. The second-order valence-electron chi connectivity index (χ2n) is 8.26. The number of amides is 1. The summed E-state index contributed by atoms with van der Waals surface area (Å²) in [7, 11) is 2.07. The van der Waals surface area contributed by atoms with Crippen LogP contribution in [0.2, 0.25) is 0 Å². The smallest absolute Gasteiger partial charge is 0.209 e. The fourth-order valence-corrected chi connectivity index (χ4v) is 3.68. The number of rotatable bonds is 3. The van der Waals surface area contributed by atoms with E-state index in [-0.39, 0.29) is 5.56 Å². The van der Waals surface area contributed by atoms with Gasteiger partial charge < -0.3 is 9.80 Å². The molecule has 4 aromatic rings. The van der Waals surface area contributed by atoms with Crippen molar-refractivity contribution in [2.24, 2.45) is 0 Å². The Hall–Kier alpha value is -4.09. The van der Waals surface area contributed by atoms with E-state index in [9.17, 15) is 9.18 Å². The van der Waals surface area contributed by atoms with Crippen molar-refractivity contribution in [3.8, 4) is 28.6 Å². The zero-order valence-corrected chi connectivity index (χ0v) is 23.1. The lowest BCUT2D eigenvalue weighted by Crippen LogP contribution is -2.43. The zero-order chi connectivity index (χ0) is 28.1. The minimum Gasteiger partial charge on any atom is -0.343 e. The molecule has 3 heterocycles. The molecule has 1 fully saturated rings. The third kappa shape index (κ3) is 7.70. The number of aromatic nitrogens is 3. The van der Waals surface area contributed by atoms with Crippen molar-refractivity contribution >= 4 is 12.1 Å². The maximum absolute atomic E-state index is 14.4. The molecular formula is C30H37FN6O. The molecule has 8 heteroatoms. The van der Waals surface area contributed by atoms with Gasteiger partial charge in [-0.3, -0.25) is 14.2 Å². The molecule has 1 saturated heterocycles. The van der Waals surface area contributed by atoms with Crippen molar-refractivity contribution < 1.29 is 9.18 Å². The van der Waals surface area contributed by atoms with Crippen LogP contribution in [0.25, 0.3) is 28.2 Å². The second kappa shape index (κ2) is 15.2. The van der Waals surface area contributed by atoms with E-state index in [1.54, 1.807) is 29.4 Å². The van der Waals surface area contributed by atoms with Crippen molar-refractivity contribution in [3.63, 3.8) is 0 Å². The highest BCUT2D eigenvalue weighted by atomic mass is 19.1. The molecule has 0 bridgehead atoms. The number of nitrogens with zero attached hydrogens (tertiary/aromatic N) is 6. The van der Waals surface area contributed by atoms with E-state index in [1.165, 1.54) is 11.6 Å². The molecule has 38 heavy (non-hydrogen) atoms. The second-order valence-corrected chi connectivity index (χ2v) is 8.26. The first kappa shape index (κ1) is 30.1. The summed E-state index contributed by atoms with van der Waals surface area (Å²) in [5.41, 5.74) is 4.87. The Kier molecular flexibility index (Phi) is 12.1. The average molecular weight is 517 g/mol. The molecule has 7 nitrogen and oxygen atoms in total. The molecule has 2 aromatic heterocycles. The van der Waals surface area contributed by atoms with Crippen LogP contribution in [0.5, 0.6) is 0 Å². The standard InChI is InChI=1S/C20H13FN4.C6H12N2O.2C2H6/c1-13-2-5-15(6-3-13)18-12-25-19(10-24-20(25)11-23-18)16-7-4-14(9-22)8-17(16)21;1-7-2-4-8(6-9)5-3-7;2*1-2/h2-8,10-12H,1H3;6H,2-5H2,1H3;2*1-2H3. The van der Waals surface area contributed by atoms with E-state index in [4.69, 9.17) is 5.26 Å². The van der Waals surface area contributed by atoms with Crippen LogP contribution in [0.1, 0.15) is 38.8 Å². The van der Waals surface area contributed by atoms with Gasteiger partial charge in [-0.25, -0.2) is 9.37 Å². The highest BCUT2D eigenvalue weighted by Crippen LogP contribution is 2.26. The molecule has 1 amide bonds. The predicted octanol–water partition coefficient (Wildman–Crippen LogP) is 5.83. The summed E-state index contributed by atoms with van der Waals surface area (Å²) in [5.74, 6) is -0.449. The lowest BCUT2D eigenvalue weighted by molar-refractivity contribution is -0.119. The fraction of sp³-hybridized carbons (Fsp3) is 0.333. The van der Waals surface area contributed by atoms with E-state index in [1.807, 2.05) is 75.6 Å². The Morgan fingerprint density at radius 3 is 2.18 bits per heavy atom. The van der Waals surface area contributed by atoms with Gasteiger partial charge in [-0.2, -0.15) is 5.26 Å². The minimum atomic E-state index is -0.449. The molecule has 0 atom stereocenters. The molecule has 5 rings (SSSR count). The zero-order valence-electron chi connectivity index (χ0n) is 23.1. The molecule has 0 N–H and O–H groups in total. The van der Waals surface area contributed by atoms with Gasteiger partial charge in [0.2, 0.25) is 6.41 Å². The minimum absolute atomic E-state index is 0.289. The summed E-state index contributed by atoms with van der Waals surface area (Å²) in [6, 6.07) is 14.4. The van der Waals surface area contributed by atoms with Crippen LogP contribution >= 0.6 is 0 Å². The number of likely N-dealkylation sites (N-methyl/N-ethyl adjacent to an activating group) is 1. The maximum atomic E-state index is 14.4. The molecule has 2 aromatic carbocycles. The van der Waals surface area contributed by atoms with Gasteiger partial charge in [-0.1, -0.05) is 57.5 Å². The highest BCUT2D eigenvalue weighted by Gasteiger charge is 2.13. The Morgan fingerprint density at radius 2 is 1.61 bits per heavy atom. The lowest BCUT2D eigenvalue weighted by atomic mass is 10.1. The van der Waals surface area contributed by atoms with Crippen LogP contribution in [0.3, 0.4) is 0 Å². The van der Waals surface area contributed by atoms with Crippen molar-refractivity contribution in [1.82, 2.24) is 24.2 Å². The summed E-state index contributed by atoms with van der Waals surface area (Å²) in [6.07, 6.45) is 6.05. The third-order valence-corrected chi connectivity index (χ3v) is 5.80. The van der Waals surface area contributed by atoms with Gasteiger partial charge in [-0.15, -0.1) is 0 Å². The third-order valence-electron chi connectivity index (χ3n) is 5.80. The number of carbonyl (C=O) groups excluding carboxylic acids is 1. The van der Waals surface area contributed by atoms with E-state index >= 15 is 0 Å². The molecule has 0 unspecified atom stereocenters. The Balaban J connectivity index is 0.000000328. The summed E-state index contributed by atoms with van der Waals surface area (Å²) in [6.45, 7) is 13.8. The Bertz CT molecular complexity index is 1340. The SMILES string of the molecule is CC.CC.CN1CCN(C=O)CC1.Cc1ccc(-c2cn3c(-c4ccc(C#N)cc4F)cnc3cn2)cc1. The van der Waals surface area contributed by atoms with E-state index in [2.05, 4.69) is 21.9 Å². The molecule has 0 saturated carbocycles. The van der Waals surface area contributed by atoms with Crippen molar-refractivity contribution in [1.29, 1.82) is 5.26 Å². The quantitative estimate of drug-likeness (QED) is 0.321. The van der Waals surface area contributed by atoms with Gasteiger partial charge in [-0.05, 0) is 32.2 Å². The first-order valence-electron chi connectivity index (χ1n) is 13.0. The fourth-order valence-electron chi connectivity index (χ4n) is 3.68. The van der Waals surface area contributed by atoms with Gasteiger partial charge in [0.1, 0.15) is 5.82 Å². The number of hydrogen-bond donors (Lipinski definition) is 0. The summed E-state index contributed by atoms with van der Waals surface area (Å²) in [5, 5.41) is 8.89. The van der Waals surface area contributed by atoms with Crippen molar-refractivity contribution in [2.75, 3.05) is 33.2 Å². The molecular weight excluding hydrogens is 479 g/mol. The Labute approximate surface area is 225 Å². The number of nitriles is 1. The number of imidazole rings is 1. The summed E-state index contributed by atoms with van der Waals surface area (Å²) < 4.78 is 16.2. The van der Waals surface area contributed by atoms with Gasteiger partial charge in [0.05, 0.1) is 35.4 Å². The van der Waals surface area contributed by atoms with Gasteiger partial charge in [0, 0.05) is 43.5 Å². The van der Waals surface area contributed by atoms with Gasteiger partial charge in [0.15, 0.2) is 5.65 Å². The normalized spacial score (nSPS) is 12.6.